The SMILES string of the molecule is O=C(O)/C=C/C(=O)Nc1cccc(SCC(=O)Nc2ccc(F)cc2)c1. The van der Waals surface area contributed by atoms with E-state index in [-0.39, 0.29) is 17.5 Å². The third kappa shape index (κ3) is 6.78. The fraction of sp³-hybridized carbons (Fsp3) is 0.0556. The van der Waals surface area contributed by atoms with E-state index in [9.17, 15) is 18.8 Å². The molecule has 0 saturated carbocycles. The van der Waals surface area contributed by atoms with Gasteiger partial charge in [-0.15, -0.1) is 11.8 Å². The number of hydrogen-bond acceptors (Lipinski definition) is 4. The predicted octanol–water partition coefficient (Wildman–Crippen LogP) is 3.14. The average Bonchev–Trinajstić information content (AvgIpc) is 2.60. The molecule has 2 rings (SSSR count). The monoisotopic (exact) mass is 374 g/mol. The highest BCUT2D eigenvalue weighted by Gasteiger charge is 2.06. The molecule has 3 N–H and O–H groups in total. The smallest absolute Gasteiger partial charge is 0.328 e. The number of thioether (sulfide) groups is 1. The number of aliphatic carboxylic acids is 1. The second kappa shape index (κ2) is 9.38. The molecule has 0 atom stereocenters. The maximum Gasteiger partial charge on any atom is 0.328 e. The number of anilines is 2. The van der Waals surface area contributed by atoms with Gasteiger partial charge in [0.15, 0.2) is 0 Å². The standard InChI is InChI=1S/C18H15FN2O4S/c19-12-4-6-13(7-5-12)20-17(23)11-26-15-3-1-2-14(10-15)21-16(22)8-9-18(24)25/h1-10H,11H2,(H,20,23)(H,21,22)(H,24,25)/b9-8+. The summed E-state index contributed by atoms with van der Waals surface area (Å²) in [7, 11) is 0. The fourth-order valence-corrected chi connectivity index (χ4v) is 2.63. The van der Waals surface area contributed by atoms with Gasteiger partial charge < -0.3 is 15.7 Å². The van der Waals surface area contributed by atoms with Crippen LogP contribution >= 0.6 is 11.8 Å². The molecule has 2 amide bonds. The predicted molar refractivity (Wildman–Crippen MR) is 97.6 cm³/mol. The maximum absolute atomic E-state index is 12.8. The van der Waals surface area contributed by atoms with Gasteiger partial charge >= 0.3 is 5.97 Å². The first-order chi connectivity index (χ1) is 12.4. The van der Waals surface area contributed by atoms with Gasteiger partial charge in [0.1, 0.15) is 5.82 Å². The third-order valence-corrected chi connectivity index (χ3v) is 3.97. The molecule has 2 aromatic rings. The highest BCUT2D eigenvalue weighted by molar-refractivity contribution is 8.00. The van der Waals surface area contributed by atoms with Crippen LogP contribution in [0.15, 0.2) is 65.6 Å². The Hall–Kier alpha value is -3.13. The molecule has 0 aromatic heterocycles. The molecule has 0 radical (unpaired) electrons. The molecule has 0 unspecified atom stereocenters. The first-order valence-electron chi connectivity index (χ1n) is 7.42. The highest BCUT2D eigenvalue weighted by atomic mass is 32.2. The van der Waals surface area contributed by atoms with Crippen LogP contribution in [0, 0.1) is 5.82 Å². The van der Waals surface area contributed by atoms with E-state index in [0.29, 0.717) is 11.4 Å². The van der Waals surface area contributed by atoms with Gasteiger partial charge in [0.2, 0.25) is 11.8 Å². The Kier molecular flexibility index (Phi) is 6.92. The van der Waals surface area contributed by atoms with Crippen molar-refractivity contribution in [2.45, 2.75) is 4.90 Å². The quantitative estimate of drug-likeness (QED) is 0.511. The van der Waals surface area contributed by atoms with E-state index in [4.69, 9.17) is 5.11 Å². The first-order valence-corrected chi connectivity index (χ1v) is 8.41. The second-order valence-corrected chi connectivity index (χ2v) is 6.08. The molecule has 0 aliphatic carbocycles. The van der Waals surface area contributed by atoms with Crippen LogP contribution in [0.2, 0.25) is 0 Å². The molecule has 0 heterocycles. The Morgan fingerprint density at radius 2 is 1.73 bits per heavy atom. The first kappa shape index (κ1) is 19.2. The number of hydrogen-bond donors (Lipinski definition) is 3. The Balaban J connectivity index is 1.87. The van der Waals surface area contributed by atoms with Crippen molar-refractivity contribution in [3.8, 4) is 0 Å². The summed E-state index contributed by atoms with van der Waals surface area (Å²) in [5.41, 5.74) is 0.984. The van der Waals surface area contributed by atoms with Crippen molar-refractivity contribution in [3.05, 3.63) is 66.5 Å². The van der Waals surface area contributed by atoms with Crippen LogP contribution in [-0.2, 0) is 14.4 Å². The molecule has 0 aliphatic rings. The lowest BCUT2D eigenvalue weighted by Gasteiger charge is -2.07. The number of benzene rings is 2. The number of halogens is 1. The number of nitrogens with one attached hydrogen (secondary N) is 2. The van der Waals surface area contributed by atoms with Crippen molar-refractivity contribution in [1.29, 1.82) is 0 Å². The zero-order valence-corrected chi connectivity index (χ0v) is 14.3. The van der Waals surface area contributed by atoms with E-state index in [1.54, 1.807) is 24.3 Å². The molecule has 2 aromatic carbocycles. The summed E-state index contributed by atoms with van der Waals surface area (Å²) in [6, 6.07) is 12.3. The average molecular weight is 374 g/mol. The Bertz CT molecular complexity index is 837. The van der Waals surface area contributed by atoms with E-state index in [1.807, 2.05) is 0 Å². The summed E-state index contributed by atoms with van der Waals surface area (Å²) in [6.45, 7) is 0. The summed E-state index contributed by atoms with van der Waals surface area (Å²) in [6.07, 6.45) is 1.66. The minimum absolute atomic E-state index is 0.133. The van der Waals surface area contributed by atoms with Gasteiger partial charge in [0, 0.05) is 28.4 Å². The molecule has 0 fully saturated rings. The topological polar surface area (TPSA) is 95.5 Å². The number of carboxylic acids is 1. The third-order valence-electron chi connectivity index (χ3n) is 2.98. The lowest BCUT2D eigenvalue weighted by Crippen LogP contribution is -2.14. The van der Waals surface area contributed by atoms with E-state index >= 15 is 0 Å². The highest BCUT2D eigenvalue weighted by Crippen LogP contribution is 2.22. The van der Waals surface area contributed by atoms with E-state index in [1.165, 1.54) is 36.0 Å². The van der Waals surface area contributed by atoms with Crippen LogP contribution in [0.3, 0.4) is 0 Å². The summed E-state index contributed by atoms with van der Waals surface area (Å²) in [5, 5.41) is 13.7. The molecule has 0 bridgehead atoms. The lowest BCUT2D eigenvalue weighted by molar-refractivity contribution is -0.131. The van der Waals surface area contributed by atoms with Gasteiger partial charge in [-0.25, -0.2) is 9.18 Å². The molecule has 0 saturated heterocycles. The van der Waals surface area contributed by atoms with Crippen LogP contribution in [0.1, 0.15) is 0 Å². The molecule has 8 heteroatoms. The van der Waals surface area contributed by atoms with Crippen molar-refractivity contribution in [2.24, 2.45) is 0 Å². The van der Waals surface area contributed by atoms with E-state index < -0.39 is 11.9 Å². The maximum atomic E-state index is 12.8. The largest absolute Gasteiger partial charge is 0.478 e. The normalized spacial score (nSPS) is 10.5. The van der Waals surface area contributed by atoms with Gasteiger partial charge in [-0.05, 0) is 42.5 Å². The number of rotatable bonds is 7. The summed E-state index contributed by atoms with van der Waals surface area (Å²) < 4.78 is 12.8. The lowest BCUT2D eigenvalue weighted by atomic mass is 10.3. The van der Waals surface area contributed by atoms with Crippen molar-refractivity contribution in [3.63, 3.8) is 0 Å². The molecule has 6 nitrogen and oxygen atoms in total. The van der Waals surface area contributed by atoms with Gasteiger partial charge in [-0.3, -0.25) is 9.59 Å². The van der Waals surface area contributed by atoms with Gasteiger partial charge in [-0.1, -0.05) is 6.07 Å². The fourth-order valence-electron chi connectivity index (χ4n) is 1.87. The summed E-state index contributed by atoms with van der Waals surface area (Å²) in [4.78, 5) is 34.6. The molecular weight excluding hydrogens is 359 g/mol. The number of carbonyl (C=O) groups excluding carboxylic acids is 2. The van der Waals surface area contributed by atoms with E-state index in [0.717, 1.165) is 17.0 Å². The van der Waals surface area contributed by atoms with Crippen LogP contribution < -0.4 is 10.6 Å². The van der Waals surface area contributed by atoms with Crippen molar-refractivity contribution in [1.82, 2.24) is 0 Å². The van der Waals surface area contributed by atoms with Gasteiger partial charge in [-0.2, -0.15) is 0 Å². The Morgan fingerprint density at radius 3 is 2.42 bits per heavy atom. The summed E-state index contributed by atoms with van der Waals surface area (Å²) >= 11 is 1.26. The minimum atomic E-state index is -1.21. The zero-order valence-electron chi connectivity index (χ0n) is 13.4. The van der Waals surface area contributed by atoms with E-state index in [2.05, 4.69) is 10.6 Å². The Labute approximate surface area is 153 Å². The molecular formula is C18H15FN2O4S. The Morgan fingerprint density at radius 1 is 1.00 bits per heavy atom. The minimum Gasteiger partial charge on any atom is -0.478 e. The second-order valence-electron chi connectivity index (χ2n) is 5.03. The zero-order chi connectivity index (χ0) is 18.9. The van der Waals surface area contributed by atoms with Gasteiger partial charge in [0.25, 0.3) is 0 Å². The molecule has 0 spiro atoms. The van der Waals surface area contributed by atoms with Crippen LogP contribution in [0.25, 0.3) is 0 Å². The molecule has 134 valence electrons. The van der Waals surface area contributed by atoms with Crippen LogP contribution in [0.5, 0.6) is 0 Å². The van der Waals surface area contributed by atoms with Crippen LogP contribution in [0.4, 0.5) is 15.8 Å². The summed E-state index contributed by atoms with van der Waals surface area (Å²) in [5.74, 6) is -2.27. The van der Waals surface area contributed by atoms with Crippen molar-refractivity contribution in [2.75, 3.05) is 16.4 Å². The van der Waals surface area contributed by atoms with Crippen molar-refractivity contribution >= 4 is 40.9 Å². The number of carboxylic acid groups (broad SMARTS) is 1. The number of amides is 2. The van der Waals surface area contributed by atoms with Crippen LogP contribution in [-0.4, -0.2) is 28.6 Å². The molecule has 26 heavy (non-hydrogen) atoms. The molecule has 0 aliphatic heterocycles. The van der Waals surface area contributed by atoms with Crippen molar-refractivity contribution < 1.29 is 23.9 Å². The number of carbonyl (C=O) groups is 3. The van der Waals surface area contributed by atoms with Gasteiger partial charge in [0.05, 0.1) is 5.75 Å².